The minimum Gasteiger partial charge on any atom is -0.493 e. The molecule has 7 heteroatoms. The first kappa shape index (κ1) is 19.7. The molecule has 0 spiro atoms. The molecule has 0 unspecified atom stereocenters. The van der Waals surface area contributed by atoms with Gasteiger partial charge < -0.3 is 9.47 Å². The Hall–Kier alpha value is -2.02. The fourth-order valence-corrected chi connectivity index (χ4v) is 3.76. The van der Waals surface area contributed by atoms with Gasteiger partial charge in [0, 0.05) is 19.0 Å². The molecule has 140 valence electrons. The van der Waals surface area contributed by atoms with Gasteiger partial charge in [-0.15, -0.1) is 0 Å². The molecule has 0 radical (unpaired) electrons. The lowest BCUT2D eigenvalue weighted by molar-refractivity contribution is -0.121. The summed E-state index contributed by atoms with van der Waals surface area (Å²) in [5.74, 6) is 1.30. The van der Waals surface area contributed by atoms with Crippen LogP contribution in [0.3, 0.4) is 0 Å². The third kappa shape index (κ3) is 5.03. The summed E-state index contributed by atoms with van der Waals surface area (Å²) in [4.78, 5) is 14.2. The lowest BCUT2D eigenvalue weighted by Gasteiger charge is -2.11. The number of amides is 1. The summed E-state index contributed by atoms with van der Waals surface area (Å²) in [7, 11) is 1.68. The van der Waals surface area contributed by atoms with Gasteiger partial charge in [0.25, 0.3) is 5.91 Å². The van der Waals surface area contributed by atoms with Crippen LogP contribution in [0.5, 0.6) is 11.5 Å². The van der Waals surface area contributed by atoms with Crippen molar-refractivity contribution < 1.29 is 14.3 Å². The van der Waals surface area contributed by atoms with E-state index >= 15 is 0 Å². The van der Waals surface area contributed by atoms with Gasteiger partial charge in [0.2, 0.25) is 0 Å². The quantitative estimate of drug-likeness (QED) is 0.358. The van der Waals surface area contributed by atoms with Gasteiger partial charge in [-0.05, 0) is 24.3 Å². The van der Waals surface area contributed by atoms with Crippen LogP contribution >= 0.6 is 35.6 Å². The molecular weight excluding hydrogens is 402 g/mol. The SMILES string of the molecule is CN1C(=O)/C(=C/c2ccccc2OCCCOc2ccccc2Cl)SC1=S. The van der Waals surface area contributed by atoms with Crippen molar-refractivity contribution in [3.63, 3.8) is 0 Å². The van der Waals surface area contributed by atoms with E-state index in [4.69, 9.17) is 33.3 Å². The van der Waals surface area contributed by atoms with E-state index in [2.05, 4.69) is 0 Å². The van der Waals surface area contributed by atoms with Crippen molar-refractivity contribution in [2.45, 2.75) is 6.42 Å². The predicted octanol–water partition coefficient (Wildman–Crippen LogP) is 5.02. The molecule has 0 N–H and O–H groups in total. The largest absolute Gasteiger partial charge is 0.493 e. The van der Waals surface area contributed by atoms with Crippen molar-refractivity contribution >= 4 is 51.9 Å². The summed E-state index contributed by atoms with van der Waals surface area (Å²) < 4.78 is 12.1. The molecule has 0 aromatic heterocycles. The lowest BCUT2D eigenvalue weighted by atomic mass is 10.2. The third-order valence-electron chi connectivity index (χ3n) is 3.83. The highest BCUT2D eigenvalue weighted by atomic mass is 35.5. The van der Waals surface area contributed by atoms with Crippen molar-refractivity contribution in [1.29, 1.82) is 0 Å². The van der Waals surface area contributed by atoms with Crippen LogP contribution in [0.15, 0.2) is 53.4 Å². The highest BCUT2D eigenvalue weighted by Crippen LogP contribution is 2.33. The van der Waals surface area contributed by atoms with Crippen LogP contribution in [0.25, 0.3) is 6.08 Å². The van der Waals surface area contributed by atoms with Crippen molar-refractivity contribution in [3.05, 3.63) is 64.0 Å². The van der Waals surface area contributed by atoms with Crippen molar-refractivity contribution in [3.8, 4) is 11.5 Å². The number of carbonyl (C=O) groups excluding carboxylic acids is 1. The molecular formula is C20H18ClNO3S2. The first-order valence-corrected chi connectivity index (χ1v) is 9.97. The Labute approximate surface area is 173 Å². The number of para-hydroxylation sites is 2. The maximum absolute atomic E-state index is 12.2. The molecule has 2 aromatic carbocycles. The normalized spacial score (nSPS) is 15.5. The number of hydrogen-bond acceptors (Lipinski definition) is 5. The first-order chi connectivity index (χ1) is 13.1. The van der Waals surface area contributed by atoms with Crippen LogP contribution in [-0.4, -0.2) is 35.4 Å². The second-order valence-corrected chi connectivity index (χ2v) is 7.84. The van der Waals surface area contributed by atoms with Crippen LogP contribution in [0.2, 0.25) is 5.02 Å². The second-order valence-electron chi connectivity index (χ2n) is 5.76. The van der Waals surface area contributed by atoms with Gasteiger partial charge in [0.15, 0.2) is 0 Å². The maximum atomic E-state index is 12.2. The Balaban J connectivity index is 1.56. The van der Waals surface area contributed by atoms with Crippen molar-refractivity contribution in [2.24, 2.45) is 0 Å². The standard InChI is InChI=1S/C20H18ClNO3S2/c1-22-19(23)18(27-20(22)26)13-14-7-2-4-9-16(14)24-11-6-12-25-17-10-5-3-8-15(17)21/h2-5,7-10,13H,6,11-12H2,1H3/b18-13-. The Kier molecular flexibility index (Phi) is 6.77. The van der Waals surface area contributed by atoms with Gasteiger partial charge in [0.1, 0.15) is 15.8 Å². The van der Waals surface area contributed by atoms with Crippen LogP contribution in [0.4, 0.5) is 0 Å². The van der Waals surface area contributed by atoms with E-state index < -0.39 is 0 Å². The van der Waals surface area contributed by atoms with Crippen LogP contribution in [0.1, 0.15) is 12.0 Å². The van der Waals surface area contributed by atoms with Gasteiger partial charge in [-0.2, -0.15) is 0 Å². The fraction of sp³-hybridized carbons (Fsp3) is 0.200. The number of thioether (sulfide) groups is 1. The molecule has 1 saturated heterocycles. The number of hydrogen-bond donors (Lipinski definition) is 0. The molecule has 27 heavy (non-hydrogen) atoms. The summed E-state index contributed by atoms with van der Waals surface area (Å²) in [5.41, 5.74) is 0.846. The predicted molar refractivity (Wildman–Crippen MR) is 114 cm³/mol. The molecule has 1 aliphatic heterocycles. The van der Waals surface area contributed by atoms with Crippen LogP contribution in [-0.2, 0) is 4.79 Å². The van der Waals surface area contributed by atoms with Gasteiger partial charge >= 0.3 is 0 Å². The number of nitrogens with zero attached hydrogens (tertiary/aromatic N) is 1. The number of halogens is 1. The summed E-state index contributed by atoms with van der Waals surface area (Å²) in [6.07, 6.45) is 2.52. The fourth-order valence-electron chi connectivity index (χ4n) is 2.40. The Morgan fingerprint density at radius 3 is 2.37 bits per heavy atom. The first-order valence-electron chi connectivity index (χ1n) is 8.37. The number of likely N-dealkylation sites (N-methyl/N-ethyl adjacent to an activating group) is 1. The maximum Gasteiger partial charge on any atom is 0.265 e. The Morgan fingerprint density at radius 2 is 1.70 bits per heavy atom. The van der Waals surface area contributed by atoms with E-state index in [0.717, 1.165) is 11.3 Å². The molecule has 3 rings (SSSR count). The summed E-state index contributed by atoms with van der Waals surface area (Å²) >= 11 is 12.5. The highest BCUT2D eigenvalue weighted by molar-refractivity contribution is 8.26. The Morgan fingerprint density at radius 1 is 1.07 bits per heavy atom. The smallest absolute Gasteiger partial charge is 0.265 e. The molecule has 1 aliphatic rings. The molecule has 1 amide bonds. The number of carbonyl (C=O) groups is 1. The van der Waals surface area contributed by atoms with Crippen molar-refractivity contribution in [2.75, 3.05) is 20.3 Å². The van der Waals surface area contributed by atoms with E-state index in [1.165, 1.54) is 16.7 Å². The molecule has 2 aromatic rings. The van der Waals surface area contributed by atoms with Crippen LogP contribution in [0, 0.1) is 0 Å². The van der Waals surface area contributed by atoms with Gasteiger partial charge in [-0.1, -0.05) is 65.9 Å². The molecule has 0 saturated carbocycles. The molecule has 1 fully saturated rings. The summed E-state index contributed by atoms with van der Waals surface area (Å²) in [5, 5.41) is 0.594. The van der Waals surface area contributed by atoms with E-state index in [1.807, 2.05) is 48.5 Å². The molecule has 1 heterocycles. The minimum atomic E-state index is -0.0899. The topological polar surface area (TPSA) is 38.8 Å². The summed E-state index contributed by atoms with van der Waals surface area (Å²) in [6, 6.07) is 15.0. The number of ether oxygens (including phenoxy) is 2. The van der Waals surface area contributed by atoms with Crippen molar-refractivity contribution in [1.82, 2.24) is 4.90 Å². The van der Waals surface area contributed by atoms with Gasteiger partial charge in [-0.3, -0.25) is 9.69 Å². The number of benzene rings is 2. The third-order valence-corrected chi connectivity index (χ3v) is 5.63. The number of thiocarbonyl (C=S) groups is 1. The van der Waals surface area contributed by atoms with E-state index in [0.29, 0.717) is 39.6 Å². The average Bonchev–Trinajstić information content (AvgIpc) is 2.91. The number of rotatable bonds is 7. The second kappa shape index (κ2) is 9.26. The van der Waals surface area contributed by atoms with Gasteiger partial charge in [0.05, 0.1) is 23.1 Å². The monoisotopic (exact) mass is 419 g/mol. The van der Waals surface area contributed by atoms with Crippen LogP contribution < -0.4 is 9.47 Å². The summed E-state index contributed by atoms with van der Waals surface area (Å²) in [6.45, 7) is 0.991. The molecule has 0 atom stereocenters. The van der Waals surface area contributed by atoms with Gasteiger partial charge in [-0.25, -0.2) is 0 Å². The zero-order chi connectivity index (χ0) is 19.2. The molecule has 0 bridgehead atoms. The minimum absolute atomic E-state index is 0.0899. The zero-order valence-corrected chi connectivity index (χ0v) is 17.1. The Bertz CT molecular complexity index is 885. The lowest BCUT2D eigenvalue weighted by Crippen LogP contribution is -2.22. The average molecular weight is 420 g/mol. The molecule has 4 nitrogen and oxygen atoms in total. The van der Waals surface area contributed by atoms with E-state index in [1.54, 1.807) is 13.1 Å². The highest BCUT2D eigenvalue weighted by Gasteiger charge is 2.28. The molecule has 0 aliphatic carbocycles. The zero-order valence-electron chi connectivity index (χ0n) is 14.7. The van der Waals surface area contributed by atoms with E-state index in [9.17, 15) is 4.79 Å². The van der Waals surface area contributed by atoms with E-state index in [-0.39, 0.29) is 5.91 Å².